The van der Waals surface area contributed by atoms with Crippen LogP contribution in [0.4, 0.5) is 10.1 Å². The average molecular weight is 506 g/mol. The van der Waals surface area contributed by atoms with E-state index in [0.29, 0.717) is 11.3 Å². The van der Waals surface area contributed by atoms with Crippen molar-refractivity contribution in [3.63, 3.8) is 0 Å². The maximum absolute atomic E-state index is 14.3. The number of hydrogen-bond donors (Lipinski definition) is 1. The number of halogens is 1. The number of nitrogens with zero attached hydrogens (tertiary/aromatic N) is 2. The number of carbonyl (C=O) groups is 2. The van der Waals surface area contributed by atoms with Crippen molar-refractivity contribution in [3.8, 4) is 0 Å². The molecular formula is C26H36FN3O4S. The van der Waals surface area contributed by atoms with E-state index >= 15 is 0 Å². The number of hydrogen-bond acceptors (Lipinski definition) is 4. The summed E-state index contributed by atoms with van der Waals surface area (Å²) in [5.41, 5.74) is 2.72. The molecule has 1 atom stereocenters. The zero-order valence-electron chi connectivity index (χ0n) is 21.3. The normalized spacial score (nSPS) is 12.3. The molecule has 0 heterocycles. The first kappa shape index (κ1) is 28.3. The van der Waals surface area contributed by atoms with Crippen LogP contribution >= 0.6 is 0 Å². The summed E-state index contributed by atoms with van der Waals surface area (Å²) in [5, 5.41) is 2.79. The van der Waals surface area contributed by atoms with E-state index in [1.165, 1.54) is 15.3 Å². The molecule has 9 heteroatoms. The third-order valence-electron chi connectivity index (χ3n) is 5.54. The van der Waals surface area contributed by atoms with E-state index in [4.69, 9.17) is 0 Å². The van der Waals surface area contributed by atoms with E-state index < -0.39 is 21.9 Å². The molecule has 192 valence electrons. The zero-order valence-corrected chi connectivity index (χ0v) is 22.2. The van der Waals surface area contributed by atoms with Crippen LogP contribution in [0.15, 0.2) is 42.5 Å². The molecular weight excluding hydrogens is 469 g/mol. The van der Waals surface area contributed by atoms with Crippen molar-refractivity contribution in [2.24, 2.45) is 0 Å². The number of benzene rings is 2. The van der Waals surface area contributed by atoms with Gasteiger partial charge in [-0.3, -0.25) is 13.9 Å². The number of carbonyl (C=O) groups excluding carboxylic acids is 2. The van der Waals surface area contributed by atoms with Crippen molar-refractivity contribution in [2.45, 2.75) is 66.1 Å². The molecule has 0 aliphatic carbocycles. The van der Waals surface area contributed by atoms with Crippen molar-refractivity contribution in [1.29, 1.82) is 0 Å². The quantitative estimate of drug-likeness (QED) is 0.501. The molecule has 2 aromatic rings. The lowest BCUT2D eigenvalue weighted by molar-refractivity contribution is -0.140. The molecule has 0 unspecified atom stereocenters. The summed E-state index contributed by atoms with van der Waals surface area (Å²) in [7, 11) is -3.57. The van der Waals surface area contributed by atoms with Gasteiger partial charge in [-0.1, -0.05) is 24.3 Å². The molecule has 2 amide bonds. The second-order valence-corrected chi connectivity index (χ2v) is 11.1. The Kier molecular flexibility index (Phi) is 9.82. The van der Waals surface area contributed by atoms with Crippen LogP contribution in [0.1, 0.15) is 50.3 Å². The van der Waals surface area contributed by atoms with Crippen LogP contribution in [-0.2, 0) is 26.2 Å². The Bertz CT molecular complexity index is 1130. The van der Waals surface area contributed by atoms with Crippen LogP contribution in [0.25, 0.3) is 0 Å². The molecule has 35 heavy (non-hydrogen) atoms. The minimum absolute atomic E-state index is 0.00453. The van der Waals surface area contributed by atoms with Crippen molar-refractivity contribution >= 4 is 27.5 Å². The Morgan fingerprint density at radius 1 is 1.03 bits per heavy atom. The van der Waals surface area contributed by atoms with Gasteiger partial charge in [0.15, 0.2) is 0 Å². The highest BCUT2D eigenvalue weighted by atomic mass is 32.2. The molecule has 0 saturated heterocycles. The minimum Gasteiger partial charge on any atom is -0.352 e. The van der Waals surface area contributed by atoms with Gasteiger partial charge < -0.3 is 10.2 Å². The highest BCUT2D eigenvalue weighted by molar-refractivity contribution is 7.92. The molecule has 0 aliphatic rings. The summed E-state index contributed by atoms with van der Waals surface area (Å²) in [6.07, 6.45) is 1.38. The minimum atomic E-state index is -3.57. The van der Waals surface area contributed by atoms with Gasteiger partial charge in [0, 0.05) is 31.1 Å². The molecule has 0 saturated carbocycles. The number of nitrogens with one attached hydrogen (secondary N) is 1. The SMILES string of the molecule is Cc1cc(C)cc(N(CCCC(=O)N(Cc2ccccc2F)[C@@H](C)C(=O)NC(C)C)S(C)(=O)=O)c1. The third kappa shape index (κ3) is 8.35. The fourth-order valence-electron chi connectivity index (χ4n) is 3.90. The number of rotatable bonds is 11. The average Bonchev–Trinajstić information content (AvgIpc) is 2.73. The Morgan fingerprint density at radius 2 is 1.63 bits per heavy atom. The topological polar surface area (TPSA) is 86.8 Å². The lowest BCUT2D eigenvalue weighted by Crippen LogP contribution is -2.49. The molecule has 0 radical (unpaired) electrons. The van der Waals surface area contributed by atoms with Crippen LogP contribution in [-0.4, -0.2) is 50.0 Å². The monoisotopic (exact) mass is 505 g/mol. The molecule has 0 spiro atoms. The van der Waals surface area contributed by atoms with Crippen LogP contribution in [0.2, 0.25) is 0 Å². The number of aryl methyl sites for hydroxylation is 2. The smallest absolute Gasteiger partial charge is 0.242 e. The molecule has 0 aliphatic heterocycles. The number of sulfonamides is 1. The first-order chi connectivity index (χ1) is 16.3. The van der Waals surface area contributed by atoms with E-state index in [1.54, 1.807) is 37.3 Å². The highest BCUT2D eigenvalue weighted by Crippen LogP contribution is 2.22. The Labute approximate surface area is 208 Å². The van der Waals surface area contributed by atoms with Gasteiger partial charge in [0.2, 0.25) is 21.8 Å². The van der Waals surface area contributed by atoms with Crippen molar-refractivity contribution in [2.75, 3.05) is 17.1 Å². The summed E-state index contributed by atoms with van der Waals surface area (Å²) in [4.78, 5) is 27.2. The van der Waals surface area contributed by atoms with Gasteiger partial charge in [-0.25, -0.2) is 12.8 Å². The summed E-state index contributed by atoms with van der Waals surface area (Å²) >= 11 is 0. The molecule has 7 nitrogen and oxygen atoms in total. The summed E-state index contributed by atoms with van der Waals surface area (Å²) in [5.74, 6) is -1.15. The lowest BCUT2D eigenvalue weighted by atomic mass is 10.1. The lowest BCUT2D eigenvalue weighted by Gasteiger charge is -2.30. The second-order valence-electron chi connectivity index (χ2n) is 9.24. The Morgan fingerprint density at radius 3 is 2.17 bits per heavy atom. The molecule has 0 fully saturated rings. The summed E-state index contributed by atoms with van der Waals surface area (Å²) in [6, 6.07) is 10.7. The first-order valence-electron chi connectivity index (χ1n) is 11.7. The van der Waals surface area contributed by atoms with Crippen LogP contribution in [0.5, 0.6) is 0 Å². The van der Waals surface area contributed by atoms with E-state index in [0.717, 1.165) is 17.4 Å². The maximum Gasteiger partial charge on any atom is 0.242 e. The first-order valence-corrected chi connectivity index (χ1v) is 13.5. The van der Waals surface area contributed by atoms with Crippen LogP contribution in [0, 0.1) is 19.7 Å². The van der Waals surface area contributed by atoms with Gasteiger partial charge in [0.1, 0.15) is 11.9 Å². The third-order valence-corrected chi connectivity index (χ3v) is 6.74. The standard InChI is InChI=1S/C26H36FN3O4S/c1-18(2)28-26(32)21(5)29(17-22-10-7-8-11-24(22)27)25(31)12-9-13-30(35(6,33)34)23-15-19(3)14-20(4)16-23/h7-8,10-11,14-16,18,21H,9,12-13,17H2,1-6H3,(H,28,32)/t21-/m0/s1. The predicted octanol–water partition coefficient (Wildman–Crippen LogP) is 3.93. The van der Waals surface area contributed by atoms with Gasteiger partial charge in [-0.15, -0.1) is 0 Å². The fraction of sp³-hybridized carbons (Fsp3) is 0.462. The Balaban J connectivity index is 2.21. The molecule has 0 aromatic heterocycles. The Hall–Kier alpha value is -2.94. The molecule has 2 aromatic carbocycles. The van der Waals surface area contributed by atoms with Gasteiger partial charge >= 0.3 is 0 Å². The van der Waals surface area contributed by atoms with E-state index in [1.807, 2.05) is 33.8 Å². The highest BCUT2D eigenvalue weighted by Gasteiger charge is 2.27. The number of amides is 2. The largest absolute Gasteiger partial charge is 0.352 e. The summed E-state index contributed by atoms with van der Waals surface area (Å²) in [6.45, 7) is 9.07. The number of anilines is 1. The van der Waals surface area contributed by atoms with Gasteiger partial charge in [-0.2, -0.15) is 0 Å². The van der Waals surface area contributed by atoms with Crippen molar-refractivity contribution in [1.82, 2.24) is 10.2 Å². The van der Waals surface area contributed by atoms with Gasteiger partial charge in [-0.05, 0) is 70.4 Å². The van der Waals surface area contributed by atoms with Gasteiger partial charge in [0.05, 0.1) is 11.9 Å². The second kappa shape index (κ2) is 12.2. The van der Waals surface area contributed by atoms with Crippen molar-refractivity contribution < 1.29 is 22.4 Å². The van der Waals surface area contributed by atoms with E-state index in [9.17, 15) is 22.4 Å². The van der Waals surface area contributed by atoms with Crippen LogP contribution < -0.4 is 9.62 Å². The van der Waals surface area contributed by atoms with Crippen molar-refractivity contribution in [3.05, 3.63) is 65.0 Å². The predicted molar refractivity (Wildman–Crippen MR) is 137 cm³/mol. The maximum atomic E-state index is 14.3. The van der Waals surface area contributed by atoms with Gasteiger partial charge in [0.25, 0.3) is 0 Å². The fourth-order valence-corrected chi connectivity index (χ4v) is 4.85. The molecule has 1 N–H and O–H groups in total. The zero-order chi connectivity index (χ0) is 26.3. The van der Waals surface area contributed by atoms with E-state index in [2.05, 4.69) is 5.32 Å². The summed E-state index contributed by atoms with van der Waals surface area (Å²) < 4.78 is 40.6. The molecule has 2 rings (SSSR count). The van der Waals surface area contributed by atoms with Crippen LogP contribution in [0.3, 0.4) is 0 Å². The molecule has 0 bridgehead atoms. The van der Waals surface area contributed by atoms with E-state index in [-0.39, 0.29) is 43.8 Å².